The predicted octanol–water partition coefficient (Wildman–Crippen LogP) is 2.84. The average Bonchev–Trinajstić information content (AvgIpc) is 2.96. The lowest BCUT2D eigenvalue weighted by atomic mass is 10.2. The van der Waals surface area contributed by atoms with E-state index in [-0.39, 0.29) is 5.91 Å². The first-order valence-electron chi connectivity index (χ1n) is 7.90. The van der Waals surface area contributed by atoms with Crippen molar-refractivity contribution in [2.75, 3.05) is 5.32 Å². The maximum Gasteiger partial charge on any atom is 0.419 e. The van der Waals surface area contributed by atoms with Gasteiger partial charge in [0.25, 0.3) is 5.91 Å². The monoisotopic (exact) mass is 346 g/mol. The molecule has 4 aromatic rings. The Balaban J connectivity index is 1.55. The fourth-order valence-electron chi connectivity index (χ4n) is 2.60. The van der Waals surface area contributed by atoms with Gasteiger partial charge in [0.15, 0.2) is 11.4 Å². The third kappa shape index (κ3) is 2.86. The van der Waals surface area contributed by atoms with E-state index in [0.29, 0.717) is 28.2 Å². The van der Waals surface area contributed by atoms with Crippen molar-refractivity contribution in [1.29, 1.82) is 0 Å². The Kier molecular flexibility index (Phi) is 3.81. The van der Waals surface area contributed by atoms with E-state index in [1.165, 1.54) is 17.0 Å². The fraction of sp³-hybridized carbons (Fsp3) is 0.0526. The van der Waals surface area contributed by atoms with Crippen molar-refractivity contribution < 1.29 is 9.21 Å². The van der Waals surface area contributed by atoms with Crippen LogP contribution in [-0.4, -0.2) is 20.4 Å². The smallest absolute Gasteiger partial charge is 0.408 e. The van der Waals surface area contributed by atoms with E-state index < -0.39 is 5.76 Å². The van der Waals surface area contributed by atoms with Crippen molar-refractivity contribution in [2.24, 2.45) is 7.05 Å². The topological polar surface area (TPSA) is 90.0 Å². The van der Waals surface area contributed by atoms with Crippen molar-refractivity contribution in [3.05, 3.63) is 77.0 Å². The number of oxazole rings is 1. The first kappa shape index (κ1) is 15.8. The van der Waals surface area contributed by atoms with Crippen LogP contribution in [0.2, 0.25) is 0 Å². The van der Waals surface area contributed by atoms with Gasteiger partial charge >= 0.3 is 5.76 Å². The van der Waals surface area contributed by atoms with E-state index in [9.17, 15) is 9.59 Å². The maximum atomic E-state index is 12.4. The SMILES string of the molecule is Cn1c(=O)oc2cc(NC(=O)c3cnc(-c4ccccc4)nc3)ccc21. The van der Waals surface area contributed by atoms with Gasteiger partial charge in [-0.05, 0) is 12.1 Å². The van der Waals surface area contributed by atoms with Crippen LogP contribution in [0.5, 0.6) is 0 Å². The fourth-order valence-corrected chi connectivity index (χ4v) is 2.60. The van der Waals surface area contributed by atoms with Gasteiger partial charge in [-0.1, -0.05) is 30.3 Å². The molecule has 1 N–H and O–H groups in total. The highest BCUT2D eigenvalue weighted by Crippen LogP contribution is 2.19. The van der Waals surface area contributed by atoms with Gasteiger partial charge in [-0.2, -0.15) is 0 Å². The summed E-state index contributed by atoms with van der Waals surface area (Å²) in [6, 6.07) is 14.5. The molecular weight excluding hydrogens is 332 g/mol. The van der Waals surface area contributed by atoms with Crippen LogP contribution in [0.1, 0.15) is 10.4 Å². The normalized spacial score (nSPS) is 10.8. The van der Waals surface area contributed by atoms with Gasteiger partial charge in [-0.25, -0.2) is 14.8 Å². The van der Waals surface area contributed by atoms with Crippen molar-refractivity contribution >= 4 is 22.7 Å². The molecule has 0 saturated heterocycles. The van der Waals surface area contributed by atoms with Gasteiger partial charge < -0.3 is 9.73 Å². The third-order valence-electron chi connectivity index (χ3n) is 4.00. The molecule has 26 heavy (non-hydrogen) atoms. The molecule has 7 nitrogen and oxygen atoms in total. The van der Waals surface area contributed by atoms with E-state index in [4.69, 9.17) is 4.42 Å². The first-order chi connectivity index (χ1) is 12.6. The second-order valence-corrected chi connectivity index (χ2v) is 5.72. The molecule has 2 heterocycles. The summed E-state index contributed by atoms with van der Waals surface area (Å²) >= 11 is 0. The number of benzene rings is 2. The molecule has 7 heteroatoms. The predicted molar refractivity (Wildman–Crippen MR) is 96.9 cm³/mol. The summed E-state index contributed by atoms with van der Waals surface area (Å²) in [6.45, 7) is 0. The molecule has 1 amide bonds. The number of carbonyl (C=O) groups excluding carboxylic acids is 1. The van der Waals surface area contributed by atoms with E-state index >= 15 is 0 Å². The molecule has 0 bridgehead atoms. The Labute approximate surface area is 147 Å². The first-order valence-corrected chi connectivity index (χ1v) is 7.90. The molecule has 0 unspecified atom stereocenters. The minimum atomic E-state index is -0.451. The summed E-state index contributed by atoms with van der Waals surface area (Å²) in [5.74, 6) is -0.245. The molecule has 0 aliphatic heterocycles. The lowest BCUT2D eigenvalue weighted by molar-refractivity contribution is 0.102. The largest absolute Gasteiger partial charge is 0.419 e. The Morgan fingerprint density at radius 2 is 1.81 bits per heavy atom. The lowest BCUT2D eigenvalue weighted by Gasteiger charge is -2.05. The number of carbonyl (C=O) groups is 1. The lowest BCUT2D eigenvalue weighted by Crippen LogP contribution is -2.12. The molecule has 0 atom stereocenters. The molecule has 0 aliphatic rings. The number of nitrogens with one attached hydrogen (secondary N) is 1. The Hall–Kier alpha value is -3.74. The molecular formula is C19H14N4O3. The highest BCUT2D eigenvalue weighted by molar-refractivity contribution is 6.04. The molecule has 2 aromatic heterocycles. The van der Waals surface area contributed by atoms with E-state index in [0.717, 1.165) is 5.56 Å². The Morgan fingerprint density at radius 1 is 1.08 bits per heavy atom. The van der Waals surface area contributed by atoms with E-state index in [1.54, 1.807) is 25.2 Å². The van der Waals surface area contributed by atoms with Crippen LogP contribution < -0.4 is 11.1 Å². The molecule has 0 fully saturated rings. The summed E-state index contributed by atoms with van der Waals surface area (Å²) in [4.78, 5) is 32.4. The summed E-state index contributed by atoms with van der Waals surface area (Å²) in [5, 5.41) is 2.75. The third-order valence-corrected chi connectivity index (χ3v) is 4.00. The molecule has 0 saturated carbocycles. The number of hydrogen-bond donors (Lipinski definition) is 1. The van der Waals surface area contributed by atoms with Gasteiger partial charge in [-0.15, -0.1) is 0 Å². The van der Waals surface area contributed by atoms with Gasteiger partial charge in [0.2, 0.25) is 0 Å². The average molecular weight is 346 g/mol. The van der Waals surface area contributed by atoms with Crippen LogP contribution in [0.4, 0.5) is 5.69 Å². The summed E-state index contributed by atoms with van der Waals surface area (Å²) < 4.78 is 6.52. The molecule has 2 aromatic carbocycles. The number of rotatable bonds is 3. The Morgan fingerprint density at radius 3 is 2.54 bits per heavy atom. The maximum absolute atomic E-state index is 12.4. The van der Waals surface area contributed by atoms with Crippen LogP contribution >= 0.6 is 0 Å². The second kappa shape index (κ2) is 6.29. The quantitative estimate of drug-likeness (QED) is 0.616. The summed E-state index contributed by atoms with van der Waals surface area (Å²) in [5.41, 5.74) is 2.79. The van der Waals surface area contributed by atoms with Crippen molar-refractivity contribution in [3.8, 4) is 11.4 Å². The van der Waals surface area contributed by atoms with Gasteiger partial charge in [0, 0.05) is 36.8 Å². The second-order valence-electron chi connectivity index (χ2n) is 5.72. The molecule has 0 aliphatic carbocycles. The molecule has 128 valence electrons. The zero-order valence-electron chi connectivity index (χ0n) is 13.8. The summed E-state index contributed by atoms with van der Waals surface area (Å²) in [6.07, 6.45) is 2.96. The van der Waals surface area contributed by atoms with Crippen LogP contribution in [0, 0.1) is 0 Å². The standard InChI is InChI=1S/C19H14N4O3/c1-23-15-8-7-14(9-16(15)26-19(23)25)22-18(24)13-10-20-17(21-11-13)12-5-3-2-4-6-12/h2-11H,1H3,(H,22,24). The number of anilines is 1. The zero-order valence-corrected chi connectivity index (χ0v) is 13.8. The van der Waals surface area contributed by atoms with E-state index in [2.05, 4.69) is 15.3 Å². The van der Waals surface area contributed by atoms with Gasteiger partial charge in [-0.3, -0.25) is 9.36 Å². The van der Waals surface area contributed by atoms with Crippen LogP contribution in [0.25, 0.3) is 22.5 Å². The van der Waals surface area contributed by atoms with Crippen molar-refractivity contribution in [1.82, 2.24) is 14.5 Å². The highest BCUT2D eigenvalue weighted by Gasteiger charge is 2.11. The number of nitrogens with zero attached hydrogens (tertiary/aromatic N) is 3. The minimum Gasteiger partial charge on any atom is -0.408 e. The van der Waals surface area contributed by atoms with Crippen molar-refractivity contribution in [3.63, 3.8) is 0 Å². The number of aryl methyl sites for hydroxylation is 1. The van der Waals surface area contributed by atoms with Crippen LogP contribution in [0.15, 0.2) is 70.1 Å². The zero-order chi connectivity index (χ0) is 18.1. The number of amides is 1. The highest BCUT2D eigenvalue weighted by atomic mass is 16.4. The van der Waals surface area contributed by atoms with Crippen LogP contribution in [0.3, 0.4) is 0 Å². The molecule has 0 spiro atoms. The van der Waals surface area contributed by atoms with E-state index in [1.807, 2.05) is 30.3 Å². The number of fused-ring (bicyclic) bond motifs is 1. The van der Waals surface area contributed by atoms with Gasteiger partial charge in [0.1, 0.15) is 0 Å². The number of hydrogen-bond acceptors (Lipinski definition) is 5. The summed E-state index contributed by atoms with van der Waals surface area (Å²) in [7, 11) is 1.62. The number of aromatic nitrogens is 3. The van der Waals surface area contributed by atoms with Gasteiger partial charge in [0.05, 0.1) is 11.1 Å². The van der Waals surface area contributed by atoms with Crippen molar-refractivity contribution in [2.45, 2.75) is 0 Å². The Bertz CT molecular complexity index is 1150. The van der Waals surface area contributed by atoms with Crippen LogP contribution in [-0.2, 0) is 7.05 Å². The minimum absolute atomic E-state index is 0.333. The molecule has 0 radical (unpaired) electrons. The molecule has 4 rings (SSSR count).